The van der Waals surface area contributed by atoms with E-state index in [1.165, 1.54) is 28.4 Å². The van der Waals surface area contributed by atoms with Gasteiger partial charge >= 0.3 is 0 Å². The van der Waals surface area contributed by atoms with Crippen molar-refractivity contribution < 1.29 is 38.7 Å². The SMILES string of the molecule is COc1ccccc1C(O)(c1ccccc1OC)[C@H](NC(=O)CC(=O)N[C@H](C(C)(C)C)C(O)(c1ccccc1OC)c1ccccc1OC)C(C)(C)C. The summed E-state index contributed by atoms with van der Waals surface area (Å²) in [5.41, 5.74) is -3.69. The van der Waals surface area contributed by atoms with E-state index in [4.69, 9.17) is 18.9 Å². The van der Waals surface area contributed by atoms with Gasteiger partial charge in [0.15, 0.2) is 0 Å². The highest BCUT2D eigenvalue weighted by molar-refractivity contribution is 5.97. The van der Waals surface area contributed by atoms with E-state index in [0.717, 1.165) is 0 Å². The summed E-state index contributed by atoms with van der Waals surface area (Å²) in [6.45, 7) is 11.4. The lowest BCUT2D eigenvalue weighted by Gasteiger charge is -2.46. The predicted octanol–water partition coefficient (Wildman–Crippen LogP) is 6.34. The quantitative estimate of drug-likeness (QED) is 0.111. The molecule has 4 aromatic carbocycles. The summed E-state index contributed by atoms with van der Waals surface area (Å²) in [6.07, 6.45) is -0.610. The van der Waals surface area contributed by atoms with Crippen molar-refractivity contribution in [1.82, 2.24) is 10.6 Å². The summed E-state index contributed by atoms with van der Waals surface area (Å²) < 4.78 is 22.9. The fraction of sp³-hybridized carbons (Fsp3) is 0.395. The Morgan fingerprint density at radius 1 is 0.491 bits per heavy atom. The average Bonchev–Trinajstić information content (AvgIpc) is 3.14. The molecule has 0 aliphatic rings. The van der Waals surface area contributed by atoms with Crippen molar-refractivity contribution in [2.75, 3.05) is 28.4 Å². The summed E-state index contributed by atoms with van der Waals surface area (Å²) in [6, 6.07) is 26.2. The topological polar surface area (TPSA) is 136 Å². The number of hydrogen-bond donors (Lipinski definition) is 4. The molecule has 4 N–H and O–H groups in total. The van der Waals surface area contributed by atoms with Crippen LogP contribution in [0.2, 0.25) is 0 Å². The molecule has 284 valence electrons. The Morgan fingerprint density at radius 3 is 0.925 bits per heavy atom. The Labute approximate surface area is 313 Å². The zero-order valence-corrected chi connectivity index (χ0v) is 32.4. The minimum absolute atomic E-state index is 0.405. The van der Waals surface area contributed by atoms with Crippen LogP contribution in [0.1, 0.15) is 70.2 Å². The molecule has 0 spiro atoms. The van der Waals surface area contributed by atoms with Crippen LogP contribution in [0.25, 0.3) is 0 Å². The highest BCUT2D eigenvalue weighted by Gasteiger charge is 2.52. The molecule has 10 nitrogen and oxygen atoms in total. The van der Waals surface area contributed by atoms with Gasteiger partial charge in [-0.3, -0.25) is 9.59 Å². The molecule has 10 heteroatoms. The number of para-hydroxylation sites is 4. The van der Waals surface area contributed by atoms with Crippen molar-refractivity contribution >= 4 is 11.8 Å². The Kier molecular flexibility index (Phi) is 12.5. The number of hydrogen-bond acceptors (Lipinski definition) is 8. The van der Waals surface area contributed by atoms with Gasteiger partial charge in [-0.05, 0) is 35.1 Å². The molecule has 0 aliphatic heterocycles. The van der Waals surface area contributed by atoms with Crippen LogP contribution in [0.4, 0.5) is 0 Å². The highest BCUT2D eigenvalue weighted by atomic mass is 16.5. The van der Waals surface area contributed by atoms with Gasteiger partial charge in [0.2, 0.25) is 11.8 Å². The molecular weight excluding hydrogens is 672 g/mol. The first-order chi connectivity index (χ1) is 25.0. The molecule has 2 atom stereocenters. The van der Waals surface area contributed by atoms with Crippen molar-refractivity contribution in [1.29, 1.82) is 0 Å². The maximum Gasteiger partial charge on any atom is 0.229 e. The molecule has 0 fully saturated rings. The number of carbonyl (C=O) groups excluding carboxylic acids is 2. The van der Waals surface area contributed by atoms with E-state index in [2.05, 4.69) is 10.6 Å². The second-order valence-electron chi connectivity index (χ2n) is 15.2. The van der Waals surface area contributed by atoms with Crippen LogP contribution in [-0.2, 0) is 20.8 Å². The van der Waals surface area contributed by atoms with E-state index >= 15 is 0 Å². The minimum atomic E-state index is -1.88. The fourth-order valence-electron chi connectivity index (χ4n) is 7.22. The van der Waals surface area contributed by atoms with Gasteiger partial charge in [-0.1, -0.05) is 114 Å². The molecule has 0 heterocycles. The van der Waals surface area contributed by atoms with Crippen molar-refractivity contribution in [2.24, 2.45) is 10.8 Å². The standard InChI is InChI=1S/C43H54N2O8/c1-40(2,3)38(42(48,28-19-11-15-23-32(28)50-7)29-20-12-16-24-33(29)51-8)44-36(46)27-37(47)45-39(41(4,5)6)43(49,30-21-13-17-25-34(30)52-9)31-22-14-18-26-35(31)53-10/h11-26,38-39,48-49H,27H2,1-10H3,(H,44,46)(H,45,47)/t38-,39-/m1/s1. The monoisotopic (exact) mass is 726 g/mol. The van der Waals surface area contributed by atoms with Crippen LogP contribution in [0.15, 0.2) is 97.1 Å². The zero-order chi connectivity index (χ0) is 39.2. The maximum absolute atomic E-state index is 14.1. The fourth-order valence-corrected chi connectivity index (χ4v) is 7.22. The second kappa shape index (κ2) is 16.3. The second-order valence-corrected chi connectivity index (χ2v) is 15.2. The van der Waals surface area contributed by atoms with Gasteiger partial charge in [0.05, 0.1) is 40.5 Å². The highest BCUT2D eigenvalue weighted by Crippen LogP contribution is 2.48. The van der Waals surface area contributed by atoms with Crippen LogP contribution in [0.5, 0.6) is 23.0 Å². The molecule has 2 amide bonds. The smallest absolute Gasteiger partial charge is 0.229 e. The van der Waals surface area contributed by atoms with E-state index in [9.17, 15) is 19.8 Å². The molecule has 0 radical (unpaired) electrons. The lowest BCUT2D eigenvalue weighted by Crippen LogP contribution is -2.60. The van der Waals surface area contributed by atoms with E-state index in [1.54, 1.807) is 97.1 Å². The van der Waals surface area contributed by atoms with E-state index in [0.29, 0.717) is 45.3 Å². The number of ether oxygens (including phenoxy) is 4. The van der Waals surface area contributed by atoms with Gasteiger partial charge in [0.1, 0.15) is 40.6 Å². The molecule has 0 bridgehead atoms. The van der Waals surface area contributed by atoms with Crippen LogP contribution in [0.3, 0.4) is 0 Å². The van der Waals surface area contributed by atoms with Gasteiger partial charge < -0.3 is 39.8 Å². The first-order valence-corrected chi connectivity index (χ1v) is 17.6. The van der Waals surface area contributed by atoms with Crippen LogP contribution in [0, 0.1) is 10.8 Å². The number of methoxy groups -OCH3 is 4. The number of benzene rings is 4. The average molecular weight is 727 g/mol. The third kappa shape index (κ3) is 8.29. The molecular formula is C43H54N2O8. The molecule has 0 aliphatic carbocycles. The Hall–Kier alpha value is -5.06. The third-order valence-electron chi connectivity index (χ3n) is 9.57. The molecule has 0 aromatic heterocycles. The van der Waals surface area contributed by atoms with Crippen molar-refractivity contribution in [2.45, 2.75) is 71.2 Å². The first kappa shape index (κ1) is 40.7. The zero-order valence-electron chi connectivity index (χ0n) is 32.4. The summed E-state index contributed by atoms with van der Waals surface area (Å²) in [5, 5.41) is 32.1. The third-order valence-corrected chi connectivity index (χ3v) is 9.57. The lowest BCUT2D eigenvalue weighted by atomic mass is 9.69. The molecule has 0 saturated carbocycles. The molecule has 0 saturated heterocycles. The van der Waals surface area contributed by atoms with Crippen molar-refractivity contribution in [3.63, 3.8) is 0 Å². The Bertz CT molecular complexity index is 1650. The maximum atomic E-state index is 14.1. The summed E-state index contributed by atoms with van der Waals surface area (Å²) in [5.74, 6) is 0.335. The van der Waals surface area contributed by atoms with Crippen LogP contribution < -0.4 is 29.6 Å². The molecule has 4 rings (SSSR count). The Morgan fingerprint density at radius 2 is 0.717 bits per heavy atom. The van der Waals surface area contributed by atoms with Gasteiger partial charge in [-0.15, -0.1) is 0 Å². The van der Waals surface area contributed by atoms with Crippen molar-refractivity contribution in [3.8, 4) is 23.0 Å². The summed E-state index contributed by atoms with van der Waals surface area (Å²) >= 11 is 0. The summed E-state index contributed by atoms with van der Waals surface area (Å²) in [4.78, 5) is 28.2. The van der Waals surface area contributed by atoms with Crippen LogP contribution in [-0.4, -0.2) is 62.6 Å². The van der Waals surface area contributed by atoms with Gasteiger partial charge in [-0.25, -0.2) is 0 Å². The van der Waals surface area contributed by atoms with Crippen LogP contribution >= 0.6 is 0 Å². The number of amides is 2. The molecule has 53 heavy (non-hydrogen) atoms. The Balaban J connectivity index is 1.79. The summed E-state index contributed by atoms with van der Waals surface area (Å²) in [7, 11) is 6.05. The normalized spacial score (nSPS) is 13.4. The number of rotatable bonds is 14. The number of nitrogens with one attached hydrogen (secondary N) is 2. The van der Waals surface area contributed by atoms with E-state index in [-0.39, 0.29) is 0 Å². The van der Waals surface area contributed by atoms with E-state index in [1.807, 2.05) is 41.5 Å². The van der Waals surface area contributed by atoms with Gasteiger partial charge in [0, 0.05) is 22.3 Å². The number of aliphatic hydroxyl groups is 2. The largest absolute Gasteiger partial charge is 0.496 e. The number of carbonyl (C=O) groups is 2. The van der Waals surface area contributed by atoms with E-state index < -0.39 is 52.4 Å². The molecule has 4 aromatic rings. The molecule has 0 unspecified atom stereocenters. The van der Waals surface area contributed by atoms with Gasteiger partial charge in [-0.2, -0.15) is 0 Å². The predicted molar refractivity (Wildman–Crippen MR) is 205 cm³/mol. The first-order valence-electron chi connectivity index (χ1n) is 17.6. The minimum Gasteiger partial charge on any atom is -0.496 e. The van der Waals surface area contributed by atoms with Gasteiger partial charge in [0.25, 0.3) is 0 Å². The lowest BCUT2D eigenvalue weighted by molar-refractivity contribution is -0.134. The van der Waals surface area contributed by atoms with Crippen molar-refractivity contribution in [3.05, 3.63) is 119 Å².